The molecule has 3 unspecified atom stereocenters. The fourth-order valence-electron chi connectivity index (χ4n) is 3.15. The zero-order chi connectivity index (χ0) is 14.7. The maximum atomic E-state index is 11.1. The third-order valence-electron chi connectivity index (χ3n) is 3.81. The SMILES string of the molecule is CC1CC(C)CN(C(C#N)c2ccccc2[N+](=O)[O-])C1. The van der Waals surface area contributed by atoms with Gasteiger partial charge in [-0.1, -0.05) is 26.0 Å². The largest absolute Gasteiger partial charge is 0.284 e. The summed E-state index contributed by atoms with van der Waals surface area (Å²) in [6.07, 6.45) is 1.14. The Balaban J connectivity index is 2.33. The van der Waals surface area contributed by atoms with E-state index in [0.717, 1.165) is 19.5 Å². The highest BCUT2D eigenvalue weighted by atomic mass is 16.6. The zero-order valence-electron chi connectivity index (χ0n) is 11.8. The van der Waals surface area contributed by atoms with Gasteiger partial charge in [0.2, 0.25) is 0 Å². The number of hydrogen-bond donors (Lipinski definition) is 0. The monoisotopic (exact) mass is 273 g/mol. The minimum absolute atomic E-state index is 0.0323. The van der Waals surface area contributed by atoms with Crippen LogP contribution in [0.15, 0.2) is 24.3 Å². The van der Waals surface area contributed by atoms with Gasteiger partial charge in [-0.25, -0.2) is 0 Å². The van der Waals surface area contributed by atoms with Gasteiger partial charge in [0.25, 0.3) is 5.69 Å². The highest BCUT2D eigenvalue weighted by molar-refractivity contribution is 5.44. The van der Waals surface area contributed by atoms with Crippen LogP contribution in [0.25, 0.3) is 0 Å². The molecule has 2 rings (SSSR count). The lowest BCUT2D eigenvalue weighted by molar-refractivity contribution is -0.385. The van der Waals surface area contributed by atoms with Gasteiger partial charge < -0.3 is 0 Å². The van der Waals surface area contributed by atoms with Gasteiger partial charge in [0.15, 0.2) is 0 Å². The van der Waals surface area contributed by atoms with Gasteiger partial charge in [-0.3, -0.25) is 15.0 Å². The van der Waals surface area contributed by atoms with Crippen LogP contribution < -0.4 is 0 Å². The highest BCUT2D eigenvalue weighted by Crippen LogP contribution is 2.33. The normalized spacial score (nSPS) is 24.9. The lowest BCUT2D eigenvalue weighted by atomic mass is 9.90. The quantitative estimate of drug-likeness (QED) is 0.626. The molecule has 5 heteroatoms. The maximum absolute atomic E-state index is 11.1. The summed E-state index contributed by atoms with van der Waals surface area (Å²) in [7, 11) is 0. The number of benzene rings is 1. The first kappa shape index (κ1) is 14.5. The summed E-state index contributed by atoms with van der Waals surface area (Å²) in [5.41, 5.74) is 0.534. The topological polar surface area (TPSA) is 70.2 Å². The molecule has 1 heterocycles. The second-order valence-corrected chi connectivity index (χ2v) is 5.75. The first-order valence-electron chi connectivity index (χ1n) is 6.90. The van der Waals surface area contributed by atoms with Crippen LogP contribution in [0.1, 0.15) is 31.9 Å². The Hall–Kier alpha value is -1.93. The van der Waals surface area contributed by atoms with E-state index in [0.29, 0.717) is 17.4 Å². The van der Waals surface area contributed by atoms with Crippen molar-refractivity contribution in [2.45, 2.75) is 26.3 Å². The van der Waals surface area contributed by atoms with E-state index in [1.165, 1.54) is 6.07 Å². The van der Waals surface area contributed by atoms with Crippen molar-refractivity contribution >= 4 is 5.69 Å². The van der Waals surface area contributed by atoms with Crippen molar-refractivity contribution in [1.82, 2.24) is 4.90 Å². The van der Waals surface area contributed by atoms with Gasteiger partial charge in [0.05, 0.1) is 16.6 Å². The van der Waals surface area contributed by atoms with Crippen LogP contribution in [0.5, 0.6) is 0 Å². The van der Waals surface area contributed by atoms with Crippen LogP contribution in [0, 0.1) is 33.3 Å². The molecule has 106 valence electrons. The fraction of sp³-hybridized carbons (Fsp3) is 0.533. The summed E-state index contributed by atoms with van der Waals surface area (Å²) in [4.78, 5) is 12.8. The third-order valence-corrected chi connectivity index (χ3v) is 3.81. The number of para-hydroxylation sites is 1. The highest BCUT2D eigenvalue weighted by Gasteiger charge is 2.31. The number of rotatable bonds is 3. The first-order valence-corrected chi connectivity index (χ1v) is 6.90. The second kappa shape index (κ2) is 6.02. The molecule has 1 saturated heterocycles. The van der Waals surface area contributed by atoms with Crippen LogP contribution >= 0.6 is 0 Å². The number of hydrogen-bond acceptors (Lipinski definition) is 4. The average Bonchev–Trinajstić information content (AvgIpc) is 2.39. The molecule has 1 aliphatic heterocycles. The molecule has 0 N–H and O–H groups in total. The molecule has 1 fully saturated rings. The summed E-state index contributed by atoms with van der Waals surface area (Å²) in [6, 6.07) is 8.25. The van der Waals surface area contributed by atoms with E-state index in [-0.39, 0.29) is 5.69 Å². The van der Waals surface area contributed by atoms with Crippen molar-refractivity contribution in [2.24, 2.45) is 11.8 Å². The Morgan fingerprint density at radius 1 is 1.35 bits per heavy atom. The molecule has 5 nitrogen and oxygen atoms in total. The molecule has 0 saturated carbocycles. The average molecular weight is 273 g/mol. The van der Waals surface area contributed by atoms with Crippen LogP contribution in [-0.4, -0.2) is 22.9 Å². The van der Waals surface area contributed by atoms with E-state index in [9.17, 15) is 15.4 Å². The predicted octanol–water partition coefficient (Wildman–Crippen LogP) is 3.14. The van der Waals surface area contributed by atoms with Crippen LogP contribution in [0.2, 0.25) is 0 Å². The number of nitrogens with zero attached hydrogens (tertiary/aromatic N) is 3. The van der Waals surface area contributed by atoms with Gasteiger partial charge >= 0.3 is 0 Å². The molecule has 20 heavy (non-hydrogen) atoms. The molecule has 0 bridgehead atoms. The number of nitro benzene ring substituents is 1. The molecule has 0 aromatic heterocycles. The summed E-state index contributed by atoms with van der Waals surface area (Å²) in [5.74, 6) is 1.02. The summed E-state index contributed by atoms with van der Waals surface area (Å²) >= 11 is 0. The van der Waals surface area contributed by atoms with E-state index in [1.54, 1.807) is 18.2 Å². The van der Waals surface area contributed by atoms with Gasteiger partial charge in [-0.2, -0.15) is 5.26 Å². The number of likely N-dealkylation sites (tertiary alicyclic amines) is 1. The molecule has 0 amide bonds. The number of nitro groups is 1. The second-order valence-electron chi connectivity index (χ2n) is 5.75. The summed E-state index contributed by atoms with van der Waals surface area (Å²) in [5, 5.41) is 20.6. The summed E-state index contributed by atoms with van der Waals surface area (Å²) in [6.45, 7) is 5.95. The Bertz CT molecular complexity index is 528. The van der Waals surface area contributed by atoms with Crippen molar-refractivity contribution in [3.63, 3.8) is 0 Å². The van der Waals surface area contributed by atoms with E-state index in [4.69, 9.17) is 0 Å². The maximum Gasteiger partial charge on any atom is 0.275 e. The van der Waals surface area contributed by atoms with Crippen LogP contribution in [-0.2, 0) is 0 Å². The van der Waals surface area contributed by atoms with Crippen molar-refractivity contribution in [3.8, 4) is 6.07 Å². The zero-order valence-corrected chi connectivity index (χ0v) is 11.8. The van der Waals surface area contributed by atoms with E-state index in [2.05, 4.69) is 24.8 Å². The molecule has 1 aromatic carbocycles. The van der Waals surface area contributed by atoms with Gasteiger partial charge in [-0.05, 0) is 24.3 Å². The van der Waals surface area contributed by atoms with Crippen molar-refractivity contribution in [2.75, 3.05) is 13.1 Å². The Labute approximate surface area is 119 Å². The Kier molecular flexibility index (Phi) is 4.35. The first-order chi connectivity index (χ1) is 9.52. The summed E-state index contributed by atoms with van der Waals surface area (Å²) < 4.78 is 0. The van der Waals surface area contributed by atoms with E-state index in [1.807, 2.05) is 0 Å². The van der Waals surface area contributed by atoms with Gasteiger partial charge in [-0.15, -0.1) is 0 Å². The van der Waals surface area contributed by atoms with Crippen LogP contribution in [0.3, 0.4) is 0 Å². The molecular formula is C15H19N3O2. The number of piperidine rings is 1. The Morgan fingerprint density at radius 2 is 1.95 bits per heavy atom. The van der Waals surface area contributed by atoms with Crippen molar-refractivity contribution < 1.29 is 4.92 Å². The third kappa shape index (κ3) is 2.97. The van der Waals surface area contributed by atoms with E-state index >= 15 is 0 Å². The lowest BCUT2D eigenvalue weighted by Crippen LogP contribution is -2.40. The minimum Gasteiger partial charge on any atom is -0.284 e. The van der Waals surface area contributed by atoms with Crippen molar-refractivity contribution in [1.29, 1.82) is 5.26 Å². The molecule has 1 aromatic rings. The lowest BCUT2D eigenvalue weighted by Gasteiger charge is -2.37. The molecular weight excluding hydrogens is 254 g/mol. The van der Waals surface area contributed by atoms with Crippen molar-refractivity contribution in [3.05, 3.63) is 39.9 Å². The molecule has 0 spiro atoms. The predicted molar refractivity (Wildman–Crippen MR) is 76.0 cm³/mol. The molecule has 3 atom stereocenters. The van der Waals surface area contributed by atoms with Crippen LogP contribution in [0.4, 0.5) is 5.69 Å². The molecule has 0 aliphatic carbocycles. The van der Waals surface area contributed by atoms with E-state index < -0.39 is 11.0 Å². The Morgan fingerprint density at radius 3 is 2.50 bits per heavy atom. The number of nitriles is 1. The molecule has 0 radical (unpaired) electrons. The fourth-order valence-corrected chi connectivity index (χ4v) is 3.15. The smallest absolute Gasteiger partial charge is 0.275 e. The standard InChI is InChI=1S/C15H19N3O2/c1-11-7-12(2)10-17(9-11)15(8-16)13-5-3-4-6-14(13)18(19)20/h3-6,11-12,15H,7,9-10H2,1-2H3. The molecule has 1 aliphatic rings. The minimum atomic E-state index is -0.540. The van der Waals surface area contributed by atoms with Gasteiger partial charge in [0, 0.05) is 19.2 Å². The van der Waals surface area contributed by atoms with Gasteiger partial charge in [0.1, 0.15) is 6.04 Å².